The number of imidazole rings is 1. The van der Waals surface area contributed by atoms with Crippen molar-refractivity contribution in [2.45, 2.75) is 19.6 Å². The number of rotatable bonds is 4. The minimum absolute atomic E-state index is 0.150. The lowest BCUT2D eigenvalue weighted by Crippen LogP contribution is -2.24. The topological polar surface area (TPSA) is 64.0 Å². The van der Waals surface area contributed by atoms with E-state index in [1.807, 2.05) is 0 Å². The highest BCUT2D eigenvalue weighted by atomic mass is 19.4. The van der Waals surface area contributed by atoms with Gasteiger partial charge in [-0.1, -0.05) is 24.3 Å². The second-order valence-electron chi connectivity index (χ2n) is 5.66. The lowest BCUT2D eigenvalue weighted by atomic mass is 10.1. The lowest BCUT2D eigenvalue weighted by Gasteiger charge is -2.13. The van der Waals surface area contributed by atoms with Crippen molar-refractivity contribution in [3.63, 3.8) is 0 Å². The van der Waals surface area contributed by atoms with Crippen LogP contribution in [-0.2, 0) is 17.5 Å². The molecule has 2 aromatic carbocycles. The Morgan fingerprint density at radius 3 is 2.42 bits per heavy atom. The summed E-state index contributed by atoms with van der Waals surface area (Å²) in [6.07, 6.45) is -4.70. The van der Waals surface area contributed by atoms with Crippen LogP contribution in [0.3, 0.4) is 0 Å². The van der Waals surface area contributed by atoms with Crippen LogP contribution in [0.2, 0.25) is 0 Å². The summed E-state index contributed by atoms with van der Waals surface area (Å²) in [5.74, 6) is -2.09. The van der Waals surface area contributed by atoms with E-state index in [1.165, 1.54) is 31.2 Å². The van der Waals surface area contributed by atoms with Gasteiger partial charge in [0.05, 0.1) is 16.7 Å². The van der Waals surface area contributed by atoms with Crippen molar-refractivity contribution in [1.29, 1.82) is 0 Å². The molecule has 8 heteroatoms. The molecule has 0 aliphatic heterocycles. The van der Waals surface area contributed by atoms with E-state index in [9.17, 15) is 22.8 Å². The number of Topliss-reactive ketones (excluding diaryl/α,β-unsaturated/α-hetero) is 1. The van der Waals surface area contributed by atoms with Crippen LogP contribution in [0.1, 0.15) is 23.1 Å². The Morgan fingerprint density at radius 1 is 1.08 bits per heavy atom. The fourth-order valence-electron chi connectivity index (χ4n) is 2.68. The largest absolute Gasteiger partial charge is 0.449 e. The monoisotopic (exact) mass is 361 g/mol. The van der Waals surface area contributed by atoms with Crippen LogP contribution < -0.4 is 5.32 Å². The zero-order chi connectivity index (χ0) is 18.9. The van der Waals surface area contributed by atoms with E-state index in [1.54, 1.807) is 24.3 Å². The second-order valence-corrected chi connectivity index (χ2v) is 5.66. The number of carbonyl (C=O) groups is 2. The summed E-state index contributed by atoms with van der Waals surface area (Å²) in [7, 11) is 0. The van der Waals surface area contributed by atoms with Gasteiger partial charge in [-0.05, 0) is 31.2 Å². The molecule has 5 nitrogen and oxygen atoms in total. The molecule has 1 amide bonds. The number of amides is 1. The highest BCUT2D eigenvalue weighted by Gasteiger charge is 2.38. The van der Waals surface area contributed by atoms with Crippen molar-refractivity contribution >= 4 is 28.4 Å². The number of ketones is 1. The minimum atomic E-state index is -4.70. The van der Waals surface area contributed by atoms with Crippen LogP contribution in [-0.4, -0.2) is 21.2 Å². The number of carbonyl (C=O) groups excluding carboxylic acids is 2. The van der Waals surface area contributed by atoms with Gasteiger partial charge in [-0.3, -0.25) is 9.59 Å². The summed E-state index contributed by atoms with van der Waals surface area (Å²) in [6, 6.07) is 12.4. The molecule has 1 aromatic heterocycles. The first-order valence-corrected chi connectivity index (χ1v) is 7.69. The molecular weight excluding hydrogens is 347 g/mol. The third-order valence-corrected chi connectivity index (χ3v) is 3.79. The van der Waals surface area contributed by atoms with Gasteiger partial charge in [-0.2, -0.15) is 13.2 Å². The van der Waals surface area contributed by atoms with Gasteiger partial charge in [-0.15, -0.1) is 0 Å². The molecule has 0 bridgehead atoms. The van der Waals surface area contributed by atoms with E-state index >= 15 is 0 Å². The number of alkyl halides is 3. The highest BCUT2D eigenvalue weighted by Crippen LogP contribution is 2.31. The van der Waals surface area contributed by atoms with Crippen molar-refractivity contribution in [2.24, 2.45) is 0 Å². The van der Waals surface area contributed by atoms with E-state index in [2.05, 4.69) is 10.3 Å². The van der Waals surface area contributed by atoms with Crippen LogP contribution in [0.25, 0.3) is 11.0 Å². The Bertz CT molecular complexity index is 993. The molecule has 0 aliphatic rings. The van der Waals surface area contributed by atoms with Gasteiger partial charge in [0.25, 0.3) is 0 Å². The molecule has 1 N–H and O–H groups in total. The smallest absolute Gasteiger partial charge is 0.324 e. The second kappa shape index (κ2) is 6.62. The average molecular weight is 361 g/mol. The Kier molecular flexibility index (Phi) is 4.50. The van der Waals surface area contributed by atoms with Gasteiger partial charge < -0.3 is 9.88 Å². The van der Waals surface area contributed by atoms with Gasteiger partial charge in [0.15, 0.2) is 5.78 Å². The van der Waals surface area contributed by atoms with Gasteiger partial charge in [0.1, 0.15) is 6.54 Å². The predicted octanol–water partition coefficient (Wildman–Crippen LogP) is 3.90. The number of hydrogen-bond acceptors (Lipinski definition) is 3. The standard InChI is InChI=1S/C18H14F3N3O2/c1-11(25)12-6-2-3-7-13(12)22-16(26)10-24-15-9-5-4-8-14(15)23-17(24)18(19,20)21/h2-9H,10H2,1H3,(H,22,26). The van der Waals surface area contributed by atoms with Gasteiger partial charge in [-0.25, -0.2) is 4.98 Å². The van der Waals surface area contributed by atoms with Crippen LogP contribution in [0.4, 0.5) is 18.9 Å². The van der Waals surface area contributed by atoms with Gasteiger partial charge in [0.2, 0.25) is 11.7 Å². The Balaban J connectivity index is 1.94. The fraction of sp³-hybridized carbons (Fsp3) is 0.167. The zero-order valence-electron chi connectivity index (χ0n) is 13.7. The molecule has 0 saturated carbocycles. The zero-order valence-corrected chi connectivity index (χ0v) is 13.7. The molecule has 0 spiro atoms. The van der Waals surface area contributed by atoms with E-state index < -0.39 is 24.5 Å². The first kappa shape index (κ1) is 17.7. The maximum absolute atomic E-state index is 13.3. The molecule has 0 saturated heterocycles. The van der Waals surface area contributed by atoms with Gasteiger partial charge >= 0.3 is 6.18 Å². The molecule has 3 rings (SSSR count). The maximum Gasteiger partial charge on any atom is 0.449 e. The summed E-state index contributed by atoms with van der Waals surface area (Å²) < 4.78 is 40.6. The molecule has 0 fully saturated rings. The SMILES string of the molecule is CC(=O)c1ccccc1NC(=O)Cn1c(C(F)(F)F)nc2ccccc21. The first-order valence-electron chi connectivity index (χ1n) is 7.69. The third-order valence-electron chi connectivity index (χ3n) is 3.79. The fourth-order valence-corrected chi connectivity index (χ4v) is 2.68. The Morgan fingerprint density at radius 2 is 1.73 bits per heavy atom. The number of hydrogen-bond donors (Lipinski definition) is 1. The number of fused-ring (bicyclic) bond motifs is 1. The molecule has 0 atom stereocenters. The molecule has 0 aliphatic carbocycles. The molecule has 0 unspecified atom stereocenters. The Labute approximate surface area is 146 Å². The van der Waals surface area contributed by atoms with Crippen molar-refractivity contribution in [3.8, 4) is 0 Å². The molecule has 134 valence electrons. The summed E-state index contributed by atoms with van der Waals surface area (Å²) in [5, 5.41) is 2.50. The van der Waals surface area contributed by atoms with Crippen LogP contribution in [0, 0.1) is 0 Å². The molecule has 3 aromatic rings. The van der Waals surface area contributed by atoms with Crippen molar-refractivity contribution in [1.82, 2.24) is 9.55 Å². The average Bonchev–Trinajstić information content (AvgIpc) is 2.94. The van der Waals surface area contributed by atoms with E-state index in [4.69, 9.17) is 0 Å². The molecular formula is C18H14F3N3O2. The predicted molar refractivity (Wildman–Crippen MR) is 89.8 cm³/mol. The van der Waals surface area contributed by atoms with Crippen molar-refractivity contribution < 1.29 is 22.8 Å². The normalized spacial score (nSPS) is 11.5. The lowest BCUT2D eigenvalue weighted by molar-refractivity contribution is -0.147. The number of halogens is 3. The summed E-state index contributed by atoms with van der Waals surface area (Å²) in [4.78, 5) is 27.5. The van der Waals surface area contributed by atoms with E-state index in [0.717, 1.165) is 4.57 Å². The summed E-state index contributed by atoms with van der Waals surface area (Å²) >= 11 is 0. The number of para-hydroxylation sites is 3. The van der Waals surface area contributed by atoms with Crippen LogP contribution >= 0.6 is 0 Å². The summed E-state index contributed by atoms with van der Waals surface area (Å²) in [6.45, 7) is 0.762. The third kappa shape index (κ3) is 3.44. The molecule has 0 radical (unpaired) electrons. The highest BCUT2D eigenvalue weighted by molar-refractivity contribution is 6.03. The first-order chi connectivity index (χ1) is 12.3. The van der Waals surface area contributed by atoms with Crippen LogP contribution in [0.5, 0.6) is 0 Å². The maximum atomic E-state index is 13.3. The molecule has 1 heterocycles. The van der Waals surface area contributed by atoms with Crippen molar-refractivity contribution in [3.05, 3.63) is 59.9 Å². The number of aromatic nitrogens is 2. The van der Waals surface area contributed by atoms with Gasteiger partial charge in [0, 0.05) is 5.56 Å². The quantitative estimate of drug-likeness (QED) is 0.717. The number of nitrogens with zero attached hydrogens (tertiary/aromatic N) is 2. The number of nitrogens with one attached hydrogen (secondary N) is 1. The minimum Gasteiger partial charge on any atom is -0.324 e. The molecule has 26 heavy (non-hydrogen) atoms. The Hall–Kier alpha value is -3.16. The van der Waals surface area contributed by atoms with Crippen molar-refractivity contribution in [2.75, 3.05) is 5.32 Å². The van der Waals surface area contributed by atoms with E-state index in [0.29, 0.717) is 0 Å². The number of benzene rings is 2. The van der Waals surface area contributed by atoms with Crippen LogP contribution in [0.15, 0.2) is 48.5 Å². The number of anilines is 1. The summed E-state index contributed by atoms with van der Waals surface area (Å²) in [5.41, 5.74) is 0.891. The van der Waals surface area contributed by atoms with E-state index in [-0.39, 0.29) is 28.1 Å².